The molecule has 0 aromatic heterocycles. The van der Waals surface area contributed by atoms with Gasteiger partial charge in [0.2, 0.25) is 0 Å². The summed E-state index contributed by atoms with van der Waals surface area (Å²) >= 11 is 0. The Kier molecular flexibility index (Phi) is 6.58. The van der Waals surface area contributed by atoms with Crippen LogP contribution in [0.3, 0.4) is 0 Å². The van der Waals surface area contributed by atoms with E-state index in [1.807, 2.05) is 14.0 Å². The van der Waals surface area contributed by atoms with Crippen molar-refractivity contribution < 1.29 is 4.79 Å². The van der Waals surface area contributed by atoms with Crippen molar-refractivity contribution in [3.05, 3.63) is 24.3 Å². The van der Waals surface area contributed by atoms with E-state index in [4.69, 9.17) is 5.41 Å². The Morgan fingerprint density at radius 1 is 1.64 bits per heavy atom. The smallest absolute Gasteiger partial charge is 0.120 e. The molecule has 3 nitrogen and oxygen atoms in total. The van der Waals surface area contributed by atoms with Crippen LogP contribution < -0.4 is 5.32 Å². The number of carbonyl (C=O) groups excluding carboxylic acids is 1. The lowest BCUT2D eigenvalue weighted by atomic mass is 9.90. The lowest BCUT2D eigenvalue weighted by Gasteiger charge is -2.22. The lowest BCUT2D eigenvalue weighted by Crippen LogP contribution is -2.32. The normalized spacial score (nSPS) is 15.7. The van der Waals surface area contributed by atoms with E-state index in [-0.39, 0.29) is 12.0 Å². The molecule has 14 heavy (non-hydrogen) atoms. The molecule has 0 spiro atoms. The molecule has 0 saturated carbocycles. The van der Waals surface area contributed by atoms with Crippen LogP contribution in [0.2, 0.25) is 0 Å². The molecular weight excluding hydrogens is 176 g/mol. The standard InChI is InChI=1S/C11H18N2O/c1-4-5-10(8-12)11(6-7-14)9(2)13-3/h4-5,7-9,11-13H,1,6H2,2-3H3/b10-5+,12-8?. The van der Waals surface area contributed by atoms with E-state index in [1.165, 1.54) is 6.21 Å². The topological polar surface area (TPSA) is 53.0 Å². The Labute approximate surface area is 85.4 Å². The molecule has 3 heteroatoms. The molecule has 0 aliphatic heterocycles. The van der Waals surface area contributed by atoms with Gasteiger partial charge in [-0.3, -0.25) is 0 Å². The monoisotopic (exact) mass is 194 g/mol. The molecule has 2 N–H and O–H groups in total. The molecule has 0 saturated heterocycles. The highest BCUT2D eigenvalue weighted by Crippen LogP contribution is 2.16. The second-order valence-corrected chi connectivity index (χ2v) is 3.13. The summed E-state index contributed by atoms with van der Waals surface area (Å²) in [5, 5.41) is 10.3. The molecule has 0 radical (unpaired) electrons. The van der Waals surface area contributed by atoms with Gasteiger partial charge in [-0.15, -0.1) is 0 Å². The molecule has 0 bridgehead atoms. The second-order valence-electron chi connectivity index (χ2n) is 3.13. The number of hydrogen-bond acceptors (Lipinski definition) is 3. The van der Waals surface area contributed by atoms with Gasteiger partial charge in [-0.1, -0.05) is 18.7 Å². The van der Waals surface area contributed by atoms with Crippen molar-refractivity contribution in [3.63, 3.8) is 0 Å². The summed E-state index contributed by atoms with van der Waals surface area (Å²) in [7, 11) is 1.85. The summed E-state index contributed by atoms with van der Waals surface area (Å²) in [4.78, 5) is 10.5. The molecule has 0 heterocycles. The Morgan fingerprint density at radius 3 is 2.64 bits per heavy atom. The van der Waals surface area contributed by atoms with Gasteiger partial charge in [-0.05, 0) is 19.5 Å². The van der Waals surface area contributed by atoms with Crippen molar-refractivity contribution in [2.75, 3.05) is 7.05 Å². The highest BCUT2D eigenvalue weighted by molar-refractivity contribution is 5.78. The number of aldehydes is 1. The Morgan fingerprint density at radius 2 is 2.29 bits per heavy atom. The molecule has 2 unspecified atom stereocenters. The maximum atomic E-state index is 10.5. The predicted molar refractivity (Wildman–Crippen MR) is 59.8 cm³/mol. The molecule has 0 rings (SSSR count). The van der Waals surface area contributed by atoms with Crippen LogP contribution in [0, 0.1) is 11.3 Å². The average Bonchev–Trinajstić information content (AvgIpc) is 2.22. The number of nitrogens with one attached hydrogen (secondary N) is 2. The molecule has 0 amide bonds. The van der Waals surface area contributed by atoms with Gasteiger partial charge in [0, 0.05) is 24.6 Å². The molecule has 0 fully saturated rings. The quantitative estimate of drug-likeness (QED) is 0.367. The summed E-state index contributed by atoms with van der Waals surface area (Å²) in [5.41, 5.74) is 0.828. The minimum atomic E-state index is 0.0491. The minimum absolute atomic E-state index is 0.0491. The number of carbonyl (C=O) groups is 1. The Bertz CT molecular complexity index is 233. The van der Waals surface area contributed by atoms with Crippen LogP contribution in [0.25, 0.3) is 0 Å². The second kappa shape index (κ2) is 7.21. The molecule has 0 aliphatic carbocycles. The molecule has 2 atom stereocenters. The maximum absolute atomic E-state index is 10.5. The van der Waals surface area contributed by atoms with Crippen LogP contribution in [-0.2, 0) is 4.79 Å². The number of rotatable bonds is 7. The third-order valence-corrected chi connectivity index (χ3v) is 2.31. The van der Waals surface area contributed by atoms with E-state index < -0.39 is 0 Å². The maximum Gasteiger partial charge on any atom is 0.120 e. The fraction of sp³-hybridized carbons (Fsp3) is 0.455. The van der Waals surface area contributed by atoms with E-state index in [0.29, 0.717) is 6.42 Å². The van der Waals surface area contributed by atoms with Gasteiger partial charge in [0.15, 0.2) is 0 Å². The highest BCUT2D eigenvalue weighted by atomic mass is 16.1. The summed E-state index contributed by atoms with van der Waals surface area (Å²) in [5.74, 6) is 0.0491. The van der Waals surface area contributed by atoms with Crippen molar-refractivity contribution >= 4 is 12.5 Å². The zero-order valence-electron chi connectivity index (χ0n) is 8.79. The fourth-order valence-electron chi connectivity index (χ4n) is 1.35. The van der Waals surface area contributed by atoms with Crippen LogP contribution in [0.5, 0.6) is 0 Å². The summed E-state index contributed by atoms with van der Waals surface area (Å²) < 4.78 is 0. The van der Waals surface area contributed by atoms with Gasteiger partial charge in [-0.25, -0.2) is 0 Å². The van der Waals surface area contributed by atoms with Gasteiger partial charge in [0.1, 0.15) is 6.29 Å². The molecule has 0 aliphatic rings. The van der Waals surface area contributed by atoms with Crippen LogP contribution in [0.15, 0.2) is 24.3 Å². The largest absolute Gasteiger partial charge is 0.317 e. The van der Waals surface area contributed by atoms with E-state index in [0.717, 1.165) is 11.9 Å². The Hall–Kier alpha value is -1.22. The van der Waals surface area contributed by atoms with Gasteiger partial charge in [0.25, 0.3) is 0 Å². The minimum Gasteiger partial charge on any atom is -0.317 e. The predicted octanol–water partition coefficient (Wildman–Crippen LogP) is 1.56. The van der Waals surface area contributed by atoms with Crippen LogP contribution in [0.1, 0.15) is 13.3 Å². The molecular formula is C11H18N2O. The van der Waals surface area contributed by atoms with E-state index in [1.54, 1.807) is 12.2 Å². The van der Waals surface area contributed by atoms with Gasteiger partial charge < -0.3 is 15.5 Å². The van der Waals surface area contributed by atoms with E-state index in [2.05, 4.69) is 11.9 Å². The SMILES string of the molecule is C=C/C=C(\C=N)C(CC=O)C(C)NC. The van der Waals surface area contributed by atoms with Gasteiger partial charge in [-0.2, -0.15) is 0 Å². The Balaban J connectivity index is 4.75. The first-order chi connectivity index (χ1) is 6.71. The first kappa shape index (κ1) is 12.8. The third kappa shape index (κ3) is 3.66. The van der Waals surface area contributed by atoms with Crippen LogP contribution in [0.4, 0.5) is 0 Å². The van der Waals surface area contributed by atoms with Crippen molar-refractivity contribution in [3.8, 4) is 0 Å². The van der Waals surface area contributed by atoms with Crippen LogP contribution >= 0.6 is 0 Å². The van der Waals surface area contributed by atoms with Crippen molar-refractivity contribution in [1.29, 1.82) is 5.41 Å². The van der Waals surface area contributed by atoms with Crippen molar-refractivity contribution in [2.24, 2.45) is 5.92 Å². The van der Waals surface area contributed by atoms with E-state index >= 15 is 0 Å². The zero-order chi connectivity index (χ0) is 11.0. The molecule has 0 aromatic carbocycles. The van der Waals surface area contributed by atoms with Crippen molar-refractivity contribution in [2.45, 2.75) is 19.4 Å². The molecule has 0 aromatic rings. The van der Waals surface area contributed by atoms with Crippen LogP contribution in [-0.4, -0.2) is 25.6 Å². The zero-order valence-corrected chi connectivity index (χ0v) is 8.79. The fourth-order valence-corrected chi connectivity index (χ4v) is 1.35. The number of hydrogen-bond donors (Lipinski definition) is 2. The summed E-state index contributed by atoms with van der Waals surface area (Å²) in [6.07, 6.45) is 6.01. The average molecular weight is 194 g/mol. The first-order valence-corrected chi connectivity index (χ1v) is 4.65. The van der Waals surface area contributed by atoms with Gasteiger partial charge in [0.05, 0.1) is 0 Å². The van der Waals surface area contributed by atoms with Gasteiger partial charge >= 0.3 is 0 Å². The highest BCUT2D eigenvalue weighted by Gasteiger charge is 2.17. The number of allylic oxidation sites excluding steroid dienone is 2. The third-order valence-electron chi connectivity index (χ3n) is 2.31. The lowest BCUT2D eigenvalue weighted by molar-refractivity contribution is -0.108. The first-order valence-electron chi connectivity index (χ1n) is 4.65. The van der Waals surface area contributed by atoms with E-state index in [9.17, 15) is 4.79 Å². The molecule has 78 valence electrons. The summed E-state index contributed by atoms with van der Waals surface area (Å²) in [6, 6.07) is 0.174. The van der Waals surface area contributed by atoms with Crippen molar-refractivity contribution in [1.82, 2.24) is 5.32 Å². The summed E-state index contributed by atoms with van der Waals surface area (Å²) in [6.45, 7) is 5.58.